The number of hydrogen-bond donors (Lipinski definition) is 1. The maximum atomic E-state index is 13.7. The van der Waals surface area contributed by atoms with E-state index in [0.717, 1.165) is 0 Å². The van der Waals surface area contributed by atoms with Gasteiger partial charge in [0.05, 0.1) is 0 Å². The van der Waals surface area contributed by atoms with E-state index >= 15 is 0 Å². The molecule has 7 heteroatoms. The van der Waals surface area contributed by atoms with Crippen molar-refractivity contribution in [2.45, 2.75) is 25.2 Å². The zero-order valence-corrected chi connectivity index (χ0v) is 15.9. The molecule has 0 aliphatic heterocycles. The van der Waals surface area contributed by atoms with Crippen LogP contribution < -0.4 is 10.1 Å². The lowest BCUT2D eigenvalue weighted by molar-refractivity contribution is -0.127. The molecule has 1 N–H and O–H groups in total. The summed E-state index contributed by atoms with van der Waals surface area (Å²) in [4.78, 5) is 12.2. The predicted octanol–water partition coefficient (Wildman–Crippen LogP) is 4.83. The minimum absolute atomic E-state index is 0.235. The van der Waals surface area contributed by atoms with Gasteiger partial charge in [-0.2, -0.15) is 11.8 Å². The number of carbonyl (C=O) groups excluding carboxylic acids is 1. The van der Waals surface area contributed by atoms with Gasteiger partial charge in [0.1, 0.15) is 17.4 Å². The summed E-state index contributed by atoms with van der Waals surface area (Å²) in [5.74, 6) is 0.571. The van der Waals surface area contributed by atoms with Gasteiger partial charge in [-0.3, -0.25) is 4.79 Å². The van der Waals surface area contributed by atoms with E-state index in [1.54, 1.807) is 12.1 Å². The van der Waals surface area contributed by atoms with Crippen LogP contribution in [0, 0.1) is 11.6 Å². The van der Waals surface area contributed by atoms with Crippen molar-refractivity contribution < 1.29 is 18.3 Å². The highest BCUT2D eigenvalue weighted by Gasteiger charge is 2.17. The van der Waals surface area contributed by atoms with E-state index in [4.69, 9.17) is 16.3 Å². The fraction of sp³-hybridized carbons (Fsp3) is 0.316. The largest absolute Gasteiger partial charge is 0.481 e. The van der Waals surface area contributed by atoms with Gasteiger partial charge in [0.15, 0.2) is 6.10 Å². The van der Waals surface area contributed by atoms with E-state index in [0.29, 0.717) is 40.8 Å². The molecule has 0 aromatic heterocycles. The molecule has 0 radical (unpaired) electrons. The van der Waals surface area contributed by atoms with Crippen LogP contribution in [0.4, 0.5) is 8.78 Å². The lowest BCUT2D eigenvalue weighted by Gasteiger charge is -2.17. The topological polar surface area (TPSA) is 38.3 Å². The Labute approximate surface area is 161 Å². The molecule has 0 aliphatic carbocycles. The fourth-order valence-corrected chi connectivity index (χ4v) is 3.40. The van der Waals surface area contributed by atoms with Crippen LogP contribution in [0.25, 0.3) is 0 Å². The molecule has 1 amide bonds. The molecule has 1 atom stereocenters. The van der Waals surface area contributed by atoms with Crippen LogP contribution in [0.1, 0.15) is 18.9 Å². The van der Waals surface area contributed by atoms with Crippen molar-refractivity contribution in [2.24, 2.45) is 0 Å². The average Bonchev–Trinajstić information content (AvgIpc) is 2.63. The molecular formula is C19H20ClF2NO2S. The quantitative estimate of drug-likeness (QED) is 0.614. The number of benzene rings is 2. The Morgan fingerprint density at radius 3 is 2.62 bits per heavy atom. The number of amides is 1. The van der Waals surface area contributed by atoms with Crippen LogP contribution >= 0.6 is 23.4 Å². The van der Waals surface area contributed by atoms with Gasteiger partial charge < -0.3 is 10.1 Å². The maximum Gasteiger partial charge on any atom is 0.261 e. The molecule has 0 unspecified atom stereocenters. The third-order valence-electron chi connectivity index (χ3n) is 3.61. The van der Waals surface area contributed by atoms with Crippen LogP contribution in [0.3, 0.4) is 0 Å². The second-order valence-electron chi connectivity index (χ2n) is 5.51. The van der Waals surface area contributed by atoms with Crippen molar-refractivity contribution in [3.63, 3.8) is 0 Å². The third-order valence-corrected chi connectivity index (χ3v) is 4.95. The molecular weight excluding hydrogens is 380 g/mol. The summed E-state index contributed by atoms with van der Waals surface area (Å²) in [5.41, 5.74) is 0.469. The molecule has 0 fully saturated rings. The Balaban J connectivity index is 1.73. The standard InChI is InChI=1S/C19H20ClF2NO2S/c1-2-18(25-14-8-6-13(21)7-9-14)19(24)23-10-11-26-12-15-16(20)4-3-5-17(15)22/h3-9,18H,2,10-12H2,1H3,(H,23,24)/t18-/m0/s1. The second kappa shape index (κ2) is 10.4. The van der Waals surface area contributed by atoms with Gasteiger partial charge in [0.25, 0.3) is 5.91 Å². The summed E-state index contributed by atoms with van der Waals surface area (Å²) in [6, 6.07) is 10.1. The van der Waals surface area contributed by atoms with Crippen LogP contribution in [0.5, 0.6) is 5.75 Å². The summed E-state index contributed by atoms with van der Waals surface area (Å²) < 4.78 is 32.2. The molecule has 0 heterocycles. The highest BCUT2D eigenvalue weighted by molar-refractivity contribution is 7.98. The first-order valence-corrected chi connectivity index (χ1v) is 9.75. The normalized spacial score (nSPS) is 11.8. The molecule has 0 saturated carbocycles. The number of nitrogens with one attached hydrogen (secondary N) is 1. The fourth-order valence-electron chi connectivity index (χ4n) is 2.20. The molecule has 0 spiro atoms. The van der Waals surface area contributed by atoms with Crippen LogP contribution in [0.15, 0.2) is 42.5 Å². The number of rotatable bonds is 9. The van der Waals surface area contributed by atoms with Crippen LogP contribution in [0.2, 0.25) is 5.02 Å². The van der Waals surface area contributed by atoms with E-state index in [1.807, 2.05) is 6.92 Å². The minimum Gasteiger partial charge on any atom is -0.481 e. The summed E-state index contributed by atoms with van der Waals surface area (Å²) in [6.07, 6.45) is -0.159. The Hall–Kier alpha value is -1.79. The van der Waals surface area contributed by atoms with Gasteiger partial charge in [-0.25, -0.2) is 8.78 Å². The van der Waals surface area contributed by atoms with E-state index < -0.39 is 6.10 Å². The number of halogens is 3. The first kappa shape index (κ1) is 20.5. The Bertz CT molecular complexity index is 708. The monoisotopic (exact) mass is 399 g/mol. The Morgan fingerprint density at radius 1 is 1.23 bits per heavy atom. The van der Waals surface area contributed by atoms with Crippen molar-refractivity contribution in [1.82, 2.24) is 5.32 Å². The van der Waals surface area contributed by atoms with E-state index in [2.05, 4.69) is 5.32 Å². The summed E-state index contributed by atoms with van der Waals surface area (Å²) >= 11 is 7.46. The van der Waals surface area contributed by atoms with Crippen molar-refractivity contribution >= 4 is 29.3 Å². The maximum absolute atomic E-state index is 13.7. The van der Waals surface area contributed by atoms with Gasteiger partial charge in [-0.15, -0.1) is 0 Å². The average molecular weight is 400 g/mol. The van der Waals surface area contributed by atoms with Gasteiger partial charge in [-0.1, -0.05) is 24.6 Å². The zero-order chi connectivity index (χ0) is 18.9. The van der Waals surface area contributed by atoms with Gasteiger partial charge in [0, 0.05) is 28.6 Å². The summed E-state index contributed by atoms with van der Waals surface area (Å²) in [6.45, 7) is 2.27. The molecule has 0 bridgehead atoms. The lowest BCUT2D eigenvalue weighted by atomic mass is 10.2. The molecule has 26 heavy (non-hydrogen) atoms. The van der Waals surface area contributed by atoms with Gasteiger partial charge in [-0.05, 0) is 42.8 Å². The first-order valence-electron chi connectivity index (χ1n) is 8.21. The van der Waals surface area contributed by atoms with Gasteiger partial charge >= 0.3 is 0 Å². The van der Waals surface area contributed by atoms with E-state index in [1.165, 1.54) is 42.1 Å². The predicted molar refractivity (Wildman–Crippen MR) is 102 cm³/mol. The summed E-state index contributed by atoms with van der Waals surface area (Å²) in [5, 5.41) is 3.20. The zero-order valence-electron chi connectivity index (χ0n) is 14.3. The summed E-state index contributed by atoms with van der Waals surface area (Å²) in [7, 11) is 0. The number of thioether (sulfide) groups is 1. The van der Waals surface area contributed by atoms with Crippen molar-refractivity contribution in [1.29, 1.82) is 0 Å². The molecule has 140 valence electrons. The number of hydrogen-bond acceptors (Lipinski definition) is 3. The second-order valence-corrected chi connectivity index (χ2v) is 7.02. The highest BCUT2D eigenvalue weighted by atomic mass is 35.5. The number of carbonyl (C=O) groups is 1. The lowest BCUT2D eigenvalue weighted by Crippen LogP contribution is -2.39. The van der Waals surface area contributed by atoms with Crippen LogP contribution in [-0.2, 0) is 10.5 Å². The SMILES string of the molecule is CC[C@H](Oc1ccc(F)cc1)C(=O)NCCSCc1c(F)cccc1Cl. The highest BCUT2D eigenvalue weighted by Crippen LogP contribution is 2.23. The van der Waals surface area contributed by atoms with Crippen molar-refractivity contribution in [3.05, 3.63) is 64.7 Å². The van der Waals surface area contributed by atoms with Crippen LogP contribution in [-0.4, -0.2) is 24.3 Å². The van der Waals surface area contributed by atoms with Gasteiger partial charge in [0.2, 0.25) is 0 Å². The molecule has 2 aromatic rings. The molecule has 0 saturated heterocycles. The molecule has 2 rings (SSSR count). The Kier molecular flexibility index (Phi) is 8.19. The van der Waals surface area contributed by atoms with E-state index in [-0.39, 0.29) is 17.5 Å². The van der Waals surface area contributed by atoms with Crippen molar-refractivity contribution in [3.8, 4) is 5.75 Å². The van der Waals surface area contributed by atoms with E-state index in [9.17, 15) is 13.6 Å². The smallest absolute Gasteiger partial charge is 0.261 e. The van der Waals surface area contributed by atoms with Crippen molar-refractivity contribution in [2.75, 3.05) is 12.3 Å². The Morgan fingerprint density at radius 2 is 1.96 bits per heavy atom. The molecule has 3 nitrogen and oxygen atoms in total. The first-order chi connectivity index (χ1) is 12.5. The third kappa shape index (κ3) is 6.18. The molecule has 0 aliphatic rings. The molecule has 2 aromatic carbocycles. The number of ether oxygens (including phenoxy) is 1. The minimum atomic E-state index is -0.647.